The van der Waals surface area contributed by atoms with Crippen molar-refractivity contribution in [3.63, 3.8) is 0 Å². The van der Waals surface area contributed by atoms with Gasteiger partial charge in [0.2, 0.25) is 0 Å². The van der Waals surface area contributed by atoms with Crippen LogP contribution in [0.3, 0.4) is 0 Å². The highest BCUT2D eigenvalue weighted by molar-refractivity contribution is 4.86. The molecule has 0 amide bonds. The molecule has 0 aliphatic heterocycles. The summed E-state index contributed by atoms with van der Waals surface area (Å²) in [6.45, 7) is 7.64. The number of likely N-dealkylation sites (N-methyl/N-ethyl adjacent to an activating group) is 1. The third-order valence-corrected chi connectivity index (χ3v) is 4.70. The van der Waals surface area contributed by atoms with Gasteiger partial charge in [0, 0.05) is 6.20 Å². The molecule has 0 aromatic carbocycles. The molecule has 4 nitrogen and oxygen atoms in total. The summed E-state index contributed by atoms with van der Waals surface area (Å²) in [5.41, 5.74) is 1.00. The van der Waals surface area contributed by atoms with Gasteiger partial charge >= 0.3 is 0 Å². The van der Waals surface area contributed by atoms with Crippen molar-refractivity contribution in [1.82, 2.24) is 15.0 Å². The van der Waals surface area contributed by atoms with Crippen molar-refractivity contribution in [2.24, 2.45) is 0 Å². The van der Waals surface area contributed by atoms with Crippen molar-refractivity contribution < 1.29 is 4.48 Å². The lowest BCUT2D eigenvalue weighted by atomic mass is 10.1. The van der Waals surface area contributed by atoms with E-state index in [2.05, 4.69) is 31.3 Å². The van der Waals surface area contributed by atoms with Crippen LogP contribution in [0.1, 0.15) is 76.8 Å². The van der Waals surface area contributed by atoms with Crippen LogP contribution < -0.4 is 0 Å². The molecule has 1 heterocycles. The highest BCUT2D eigenvalue weighted by Crippen LogP contribution is 2.11. The maximum Gasteiger partial charge on any atom is 0.0982 e. The van der Waals surface area contributed by atoms with Gasteiger partial charge in [0.25, 0.3) is 0 Å². The molecular weight excluding hydrogens is 284 g/mol. The van der Waals surface area contributed by atoms with E-state index in [-0.39, 0.29) is 0 Å². The van der Waals surface area contributed by atoms with Crippen molar-refractivity contribution in [3.05, 3.63) is 11.9 Å². The Morgan fingerprint density at radius 2 is 1.43 bits per heavy atom. The van der Waals surface area contributed by atoms with Crippen LogP contribution in [0.4, 0.5) is 0 Å². The van der Waals surface area contributed by atoms with Gasteiger partial charge < -0.3 is 4.48 Å². The van der Waals surface area contributed by atoms with Gasteiger partial charge in [-0.3, -0.25) is 0 Å². The second kappa shape index (κ2) is 11.6. The van der Waals surface area contributed by atoms with Crippen LogP contribution in [-0.4, -0.2) is 46.7 Å². The molecule has 0 aliphatic carbocycles. The average molecular weight is 324 g/mol. The highest BCUT2D eigenvalue weighted by atomic mass is 15.4. The Balaban J connectivity index is 1.96. The van der Waals surface area contributed by atoms with Crippen molar-refractivity contribution in [2.75, 3.05) is 27.2 Å². The predicted molar refractivity (Wildman–Crippen MR) is 98.4 cm³/mol. The zero-order chi connectivity index (χ0) is 17.0. The quantitative estimate of drug-likeness (QED) is 0.370. The van der Waals surface area contributed by atoms with E-state index < -0.39 is 0 Å². The van der Waals surface area contributed by atoms with Crippen molar-refractivity contribution in [2.45, 2.75) is 84.6 Å². The van der Waals surface area contributed by atoms with Gasteiger partial charge in [-0.1, -0.05) is 63.5 Å². The van der Waals surface area contributed by atoms with Crippen LogP contribution in [-0.2, 0) is 6.54 Å². The second-order valence-electron chi connectivity index (χ2n) is 7.69. The molecule has 0 N–H and O–H groups in total. The number of aromatic nitrogens is 3. The molecule has 1 rings (SSSR count). The van der Waals surface area contributed by atoms with Gasteiger partial charge in [0.1, 0.15) is 0 Å². The fourth-order valence-electron chi connectivity index (χ4n) is 3.02. The van der Waals surface area contributed by atoms with Crippen LogP contribution in [0.15, 0.2) is 6.20 Å². The fourth-order valence-corrected chi connectivity index (χ4v) is 3.02. The van der Waals surface area contributed by atoms with E-state index in [0.717, 1.165) is 23.3 Å². The van der Waals surface area contributed by atoms with Crippen molar-refractivity contribution in [3.8, 4) is 0 Å². The number of rotatable bonds is 14. The van der Waals surface area contributed by atoms with Crippen molar-refractivity contribution >= 4 is 0 Å². The summed E-state index contributed by atoms with van der Waals surface area (Å²) in [5.74, 6) is 0. The first-order valence-electron chi connectivity index (χ1n) is 9.72. The monoisotopic (exact) mass is 323 g/mol. The number of aryl methyl sites for hydroxylation is 1. The van der Waals surface area contributed by atoms with E-state index in [1.165, 1.54) is 70.8 Å². The Hall–Kier alpha value is -0.900. The minimum atomic E-state index is 0.964. The first kappa shape index (κ1) is 20.1. The summed E-state index contributed by atoms with van der Waals surface area (Å²) in [6.07, 6.45) is 16.1. The standard InChI is InChI=1S/C19H39N4/c1-5-6-7-8-9-10-11-12-13-14-16-23(3,4)17-15-22-18-19(2)20-21-22/h18H,5-17H2,1-4H3/q+1. The molecule has 0 atom stereocenters. The molecule has 23 heavy (non-hydrogen) atoms. The zero-order valence-electron chi connectivity index (χ0n) is 16.1. The fraction of sp³-hybridized carbons (Fsp3) is 0.895. The molecule has 4 heteroatoms. The Morgan fingerprint density at radius 3 is 1.96 bits per heavy atom. The highest BCUT2D eigenvalue weighted by Gasteiger charge is 2.14. The Morgan fingerprint density at radius 1 is 0.870 bits per heavy atom. The number of unbranched alkanes of at least 4 members (excludes halogenated alkanes) is 9. The number of hydrogen-bond donors (Lipinski definition) is 0. The number of nitrogens with zero attached hydrogens (tertiary/aromatic N) is 4. The van der Waals surface area contributed by atoms with Crippen molar-refractivity contribution in [1.29, 1.82) is 0 Å². The summed E-state index contributed by atoms with van der Waals surface area (Å²) in [6, 6.07) is 0. The molecular formula is C19H39N4+. The van der Waals surface area contributed by atoms with E-state index in [9.17, 15) is 0 Å². The summed E-state index contributed by atoms with van der Waals surface area (Å²) < 4.78 is 3.05. The van der Waals surface area contributed by atoms with E-state index in [4.69, 9.17) is 0 Å². The predicted octanol–water partition coefficient (Wildman–Crippen LogP) is 4.58. The van der Waals surface area contributed by atoms with Crippen LogP contribution in [0.25, 0.3) is 0 Å². The second-order valence-corrected chi connectivity index (χ2v) is 7.69. The van der Waals surface area contributed by atoms with Gasteiger partial charge in [-0.2, -0.15) is 0 Å². The maximum absolute atomic E-state index is 4.13. The van der Waals surface area contributed by atoms with E-state index in [0.29, 0.717) is 0 Å². The molecule has 0 fully saturated rings. The lowest BCUT2D eigenvalue weighted by Gasteiger charge is -2.29. The normalized spacial score (nSPS) is 12.0. The minimum absolute atomic E-state index is 0.964. The lowest BCUT2D eigenvalue weighted by molar-refractivity contribution is -0.891. The molecule has 1 aromatic heterocycles. The van der Waals surface area contributed by atoms with Gasteiger partial charge in [0.15, 0.2) is 0 Å². The summed E-state index contributed by atoms with van der Waals surface area (Å²) in [4.78, 5) is 0. The number of quaternary nitrogens is 1. The Bertz CT molecular complexity index is 398. The molecule has 0 saturated carbocycles. The van der Waals surface area contributed by atoms with E-state index >= 15 is 0 Å². The third-order valence-electron chi connectivity index (χ3n) is 4.70. The Labute approximate surface area is 143 Å². The lowest BCUT2D eigenvalue weighted by Crippen LogP contribution is -2.42. The summed E-state index contributed by atoms with van der Waals surface area (Å²) in [5, 5.41) is 8.18. The van der Waals surface area contributed by atoms with E-state index in [1.54, 1.807) is 0 Å². The molecule has 0 unspecified atom stereocenters. The first-order chi connectivity index (χ1) is 11.0. The smallest absolute Gasteiger partial charge is 0.0982 e. The molecule has 0 saturated heterocycles. The average Bonchev–Trinajstić information content (AvgIpc) is 2.93. The molecule has 0 radical (unpaired) electrons. The van der Waals surface area contributed by atoms with Crippen LogP contribution >= 0.6 is 0 Å². The zero-order valence-corrected chi connectivity index (χ0v) is 16.1. The minimum Gasteiger partial charge on any atom is -0.327 e. The van der Waals surface area contributed by atoms with Gasteiger partial charge in [-0.25, -0.2) is 4.68 Å². The van der Waals surface area contributed by atoms with Gasteiger partial charge in [-0.05, 0) is 19.8 Å². The summed E-state index contributed by atoms with van der Waals surface area (Å²) in [7, 11) is 4.66. The number of hydrogen-bond acceptors (Lipinski definition) is 2. The Kier molecular flexibility index (Phi) is 10.2. The SMILES string of the molecule is CCCCCCCCCCCC[N+](C)(C)CCn1cc(C)nn1. The largest absolute Gasteiger partial charge is 0.327 e. The molecule has 0 bridgehead atoms. The summed E-state index contributed by atoms with van der Waals surface area (Å²) >= 11 is 0. The molecule has 0 spiro atoms. The topological polar surface area (TPSA) is 30.7 Å². The van der Waals surface area contributed by atoms with E-state index in [1.807, 2.05) is 17.8 Å². The van der Waals surface area contributed by atoms with Crippen LogP contribution in [0.2, 0.25) is 0 Å². The molecule has 1 aromatic rings. The van der Waals surface area contributed by atoms with Crippen LogP contribution in [0, 0.1) is 6.92 Å². The van der Waals surface area contributed by atoms with Crippen LogP contribution in [0.5, 0.6) is 0 Å². The molecule has 0 aliphatic rings. The molecule has 134 valence electrons. The van der Waals surface area contributed by atoms with Gasteiger partial charge in [0.05, 0.1) is 39.4 Å². The van der Waals surface area contributed by atoms with Gasteiger partial charge in [-0.15, -0.1) is 5.10 Å². The third kappa shape index (κ3) is 10.5. The first-order valence-corrected chi connectivity index (χ1v) is 9.72. The maximum atomic E-state index is 4.13.